The summed E-state index contributed by atoms with van der Waals surface area (Å²) in [7, 11) is 0. The summed E-state index contributed by atoms with van der Waals surface area (Å²) in [5.41, 5.74) is 7.22. The van der Waals surface area contributed by atoms with Gasteiger partial charge < -0.3 is 4.74 Å². The van der Waals surface area contributed by atoms with Crippen molar-refractivity contribution in [3.05, 3.63) is 59.4 Å². The second kappa shape index (κ2) is 5.97. The second-order valence-electron chi connectivity index (χ2n) is 3.43. The molecule has 1 aromatic rings. The van der Waals surface area contributed by atoms with Crippen LogP contribution >= 0.6 is 0 Å². The Morgan fingerprint density at radius 3 is 2.68 bits per heavy atom. The highest BCUT2D eigenvalue weighted by atomic mass is 16.5. The molecule has 0 atom stereocenters. The van der Waals surface area contributed by atoms with Crippen molar-refractivity contribution in [3.63, 3.8) is 0 Å². The smallest absolute Gasteiger partial charge is 0.339 e. The Kier molecular flexibility index (Phi) is 3.87. The molecule has 0 saturated heterocycles. The average molecular weight is 253 g/mol. The highest BCUT2D eigenvalue weighted by Crippen LogP contribution is 2.17. The number of diazo groups is 1. The van der Waals surface area contributed by atoms with Gasteiger partial charge in [0.15, 0.2) is 10.9 Å². The van der Waals surface area contributed by atoms with Gasteiger partial charge in [0.25, 0.3) is 5.39 Å². The summed E-state index contributed by atoms with van der Waals surface area (Å²) in [6, 6.07) is 9.08. The maximum absolute atomic E-state index is 8.59. The fraction of sp³-hybridized carbons (Fsp3) is 0. The lowest BCUT2D eigenvalue weighted by Crippen LogP contribution is -2.20. The lowest BCUT2D eigenvalue weighted by Gasteiger charge is -2.11. The van der Waals surface area contributed by atoms with Gasteiger partial charge in [-0.3, -0.25) is 0 Å². The summed E-state index contributed by atoms with van der Waals surface area (Å²) in [5.74, 6) is 0.964. The first-order chi connectivity index (χ1) is 9.35. The van der Waals surface area contributed by atoms with E-state index >= 15 is 0 Å². The van der Waals surface area contributed by atoms with Crippen molar-refractivity contribution in [1.82, 2.24) is 0 Å². The fourth-order valence-electron chi connectivity index (χ4n) is 1.49. The van der Waals surface area contributed by atoms with Crippen molar-refractivity contribution >= 4 is 11.4 Å². The first-order valence-corrected chi connectivity index (χ1v) is 5.33. The lowest BCUT2D eigenvalue weighted by molar-refractivity contribution is 0.455. The molecule has 0 spiro atoms. The number of hydrogen-bond acceptors (Lipinski definition) is 5. The monoisotopic (exact) mass is 253 g/mol. The van der Waals surface area contributed by atoms with Crippen LogP contribution in [0, 0.1) is 10.9 Å². The van der Waals surface area contributed by atoms with Gasteiger partial charge in [-0.2, -0.15) is 5.53 Å². The van der Waals surface area contributed by atoms with E-state index in [1.54, 1.807) is 30.4 Å². The first-order valence-electron chi connectivity index (χ1n) is 5.33. The Morgan fingerprint density at radius 1 is 1.21 bits per heavy atom. The van der Waals surface area contributed by atoms with Gasteiger partial charge in [-0.15, -0.1) is 5.10 Å². The Bertz CT molecular complexity index is 636. The van der Waals surface area contributed by atoms with Gasteiger partial charge in [-0.1, -0.05) is 29.5 Å². The molecule has 0 radical (unpaired) electrons. The standard InChI is InChI=1S/C12H9N6O/c13-17-15-10-7-4-8-11(12(10)16-18-14)19-9-5-2-1-3-6-9/h1-8,13H/q+1. The van der Waals surface area contributed by atoms with Gasteiger partial charge in [0.05, 0.1) is 0 Å². The number of nitrogens with one attached hydrogen (secondary N) is 1. The predicted octanol–water partition coefficient (Wildman–Crippen LogP) is 3.12. The quantitative estimate of drug-likeness (QED) is 0.387. The maximum atomic E-state index is 8.59. The average Bonchev–Trinajstić information content (AvgIpc) is 2.44. The normalized spacial score (nSPS) is 17.9. The zero-order chi connectivity index (χ0) is 13.5. The molecule has 1 aromatic carbocycles. The minimum Gasteiger partial charge on any atom is -0.455 e. The van der Waals surface area contributed by atoms with Gasteiger partial charge in [0, 0.05) is 0 Å². The molecule has 0 aliphatic heterocycles. The van der Waals surface area contributed by atoms with E-state index in [2.05, 4.69) is 20.5 Å². The Labute approximate surface area is 108 Å². The van der Waals surface area contributed by atoms with Crippen LogP contribution in [-0.2, 0) is 0 Å². The molecule has 1 N–H and O–H groups in total. The fourth-order valence-corrected chi connectivity index (χ4v) is 1.49. The number of rotatable bonds is 3. The number of allylic oxidation sites excluding steroid dienone is 4. The van der Waals surface area contributed by atoms with Crippen LogP contribution in [0.2, 0.25) is 0 Å². The minimum atomic E-state index is 0.199. The number of ether oxygens (including phenoxy) is 1. The zero-order valence-electron chi connectivity index (χ0n) is 9.76. The van der Waals surface area contributed by atoms with E-state index in [0.29, 0.717) is 11.5 Å². The number of benzene rings is 1. The summed E-state index contributed by atoms with van der Waals surface area (Å²) >= 11 is 0. The van der Waals surface area contributed by atoms with Gasteiger partial charge >= 0.3 is 5.08 Å². The van der Waals surface area contributed by atoms with Crippen LogP contribution in [0.15, 0.2) is 69.7 Å². The highest BCUT2D eigenvalue weighted by molar-refractivity contribution is 6.52. The Morgan fingerprint density at radius 2 is 2.00 bits per heavy atom. The topological polar surface area (TPSA) is 98.3 Å². The zero-order valence-corrected chi connectivity index (χ0v) is 9.76. The molecule has 0 amide bonds. The molecule has 0 heterocycles. The minimum absolute atomic E-state index is 0.199. The van der Waals surface area contributed by atoms with Gasteiger partial charge in [-0.25, -0.2) is 0 Å². The third-order valence-corrected chi connectivity index (χ3v) is 2.25. The van der Waals surface area contributed by atoms with Crippen molar-refractivity contribution in [2.75, 3.05) is 0 Å². The van der Waals surface area contributed by atoms with Crippen LogP contribution in [0.4, 0.5) is 0 Å². The lowest BCUT2D eigenvalue weighted by atomic mass is 10.1. The number of para-hydroxylation sites is 1. The molecule has 7 nitrogen and oxygen atoms in total. The van der Waals surface area contributed by atoms with Crippen molar-refractivity contribution in [2.24, 2.45) is 15.4 Å². The largest absolute Gasteiger partial charge is 0.455 e. The van der Waals surface area contributed by atoms with E-state index in [9.17, 15) is 0 Å². The maximum Gasteiger partial charge on any atom is 0.339 e. The van der Waals surface area contributed by atoms with Crippen LogP contribution in [0.3, 0.4) is 0 Å². The first kappa shape index (κ1) is 12.3. The molecule has 0 bridgehead atoms. The molecular weight excluding hydrogens is 244 g/mol. The van der Waals surface area contributed by atoms with Crippen LogP contribution in [0.1, 0.15) is 0 Å². The molecule has 1 aliphatic carbocycles. The van der Waals surface area contributed by atoms with E-state index in [1.807, 2.05) is 18.2 Å². The molecule has 7 heteroatoms. The molecular formula is C12H9N6O+. The second-order valence-corrected chi connectivity index (χ2v) is 3.43. The summed E-state index contributed by atoms with van der Waals surface area (Å²) in [5, 5.41) is 21.4. The Hall–Kier alpha value is -3.14. The molecule has 2 rings (SSSR count). The van der Waals surface area contributed by atoms with Crippen molar-refractivity contribution in [2.45, 2.75) is 0 Å². The van der Waals surface area contributed by atoms with E-state index in [0.717, 1.165) is 0 Å². The van der Waals surface area contributed by atoms with Crippen LogP contribution in [0.25, 0.3) is 5.08 Å². The van der Waals surface area contributed by atoms with Gasteiger partial charge in [0.2, 0.25) is 5.71 Å². The van der Waals surface area contributed by atoms with Gasteiger partial charge in [-0.05, 0) is 24.3 Å². The van der Waals surface area contributed by atoms with E-state index in [-0.39, 0.29) is 11.4 Å². The van der Waals surface area contributed by atoms with Crippen LogP contribution < -0.4 is 4.74 Å². The van der Waals surface area contributed by atoms with Crippen molar-refractivity contribution in [1.29, 1.82) is 10.9 Å². The number of hydrogen-bond donors (Lipinski definition) is 1. The third kappa shape index (κ3) is 2.95. The molecule has 19 heavy (non-hydrogen) atoms. The van der Waals surface area contributed by atoms with Crippen molar-refractivity contribution in [3.8, 4) is 5.75 Å². The van der Waals surface area contributed by atoms with E-state index in [1.165, 1.54) is 0 Å². The Balaban J connectivity index is 2.34. The molecule has 0 saturated carbocycles. The molecule has 1 aliphatic rings. The SMILES string of the molecule is N#[N+]N=C1C(Oc2ccccc2)=CC=CC1=NN=N. The molecule has 0 aromatic heterocycles. The van der Waals surface area contributed by atoms with Gasteiger partial charge in [0.1, 0.15) is 11.5 Å². The highest BCUT2D eigenvalue weighted by Gasteiger charge is 2.22. The summed E-state index contributed by atoms with van der Waals surface area (Å²) in [6.07, 6.45) is 4.92. The summed E-state index contributed by atoms with van der Waals surface area (Å²) in [6.45, 7) is 0. The molecule has 0 unspecified atom stereocenters. The summed E-state index contributed by atoms with van der Waals surface area (Å²) in [4.78, 5) is 0. The molecule has 92 valence electrons. The van der Waals surface area contributed by atoms with E-state index in [4.69, 9.17) is 15.7 Å². The summed E-state index contributed by atoms with van der Waals surface area (Å²) < 4.78 is 5.62. The molecule has 0 fully saturated rings. The van der Waals surface area contributed by atoms with Crippen molar-refractivity contribution < 1.29 is 4.74 Å². The van der Waals surface area contributed by atoms with Crippen LogP contribution in [-0.4, -0.2) is 11.4 Å². The predicted molar refractivity (Wildman–Crippen MR) is 69.4 cm³/mol. The number of nitrogens with zero attached hydrogens (tertiary/aromatic N) is 5. The van der Waals surface area contributed by atoms with E-state index < -0.39 is 0 Å². The third-order valence-electron chi connectivity index (χ3n) is 2.25. The van der Waals surface area contributed by atoms with Crippen LogP contribution in [0.5, 0.6) is 5.75 Å².